The highest BCUT2D eigenvalue weighted by molar-refractivity contribution is 5.73. The summed E-state index contributed by atoms with van der Waals surface area (Å²) in [6.45, 7) is 0.303. The van der Waals surface area contributed by atoms with Gasteiger partial charge in [-0.3, -0.25) is 24.0 Å². The van der Waals surface area contributed by atoms with Crippen molar-refractivity contribution >= 4 is 29.8 Å². The summed E-state index contributed by atoms with van der Waals surface area (Å²) in [6, 6.07) is 0. The van der Waals surface area contributed by atoms with E-state index in [0.29, 0.717) is 25.8 Å². The van der Waals surface area contributed by atoms with E-state index in [9.17, 15) is 24.0 Å². The standard InChI is InChI=1S/C6H12N2O4.C6H10O4.C4H9NO2/c7-3-6(8,1-4(9)10)2-5(11)12;7-5(8)3-1-2-4-6(9)10;5-3-1-2-4(6)7/h1-3,7-8H2,(H,9,10)(H,11,12);1-4H2,(H,7,8)(H,9,10);1-3,5H2,(H,6,7). The van der Waals surface area contributed by atoms with Gasteiger partial charge in [0, 0.05) is 31.3 Å². The molecule has 0 aromatic heterocycles. The first kappa shape index (κ1) is 30.9. The molecule has 0 fully saturated rings. The minimum Gasteiger partial charge on any atom is -0.481 e. The lowest BCUT2D eigenvalue weighted by Crippen LogP contribution is -2.50. The zero-order valence-corrected chi connectivity index (χ0v) is 16.1. The van der Waals surface area contributed by atoms with Gasteiger partial charge in [-0.15, -0.1) is 0 Å². The second-order valence-corrected chi connectivity index (χ2v) is 5.99. The Balaban J connectivity index is -0.000000362. The van der Waals surface area contributed by atoms with Gasteiger partial charge in [0.05, 0.1) is 12.8 Å². The van der Waals surface area contributed by atoms with Crippen LogP contribution in [0.1, 0.15) is 51.4 Å². The van der Waals surface area contributed by atoms with Crippen LogP contribution < -0.4 is 17.2 Å². The minimum absolute atomic E-state index is 0.0628. The molecular formula is C16H31N3O10. The molecule has 0 aliphatic carbocycles. The van der Waals surface area contributed by atoms with Gasteiger partial charge in [0.2, 0.25) is 0 Å². The van der Waals surface area contributed by atoms with Gasteiger partial charge in [-0.25, -0.2) is 0 Å². The van der Waals surface area contributed by atoms with Crippen LogP contribution in [0.3, 0.4) is 0 Å². The average Bonchev–Trinajstić information content (AvgIpc) is 2.56. The average molecular weight is 425 g/mol. The topological polar surface area (TPSA) is 265 Å². The maximum absolute atomic E-state index is 10.2. The van der Waals surface area contributed by atoms with Crippen LogP contribution in [-0.4, -0.2) is 74.0 Å². The molecule has 0 amide bonds. The molecule has 0 atom stereocenters. The molecule has 0 unspecified atom stereocenters. The normalized spacial score (nSPS) is 9.90. The molecule has 0 aromatic carbocycles. The molecule has 0 heterocycles. The molecular weight excluding hydrogens is 394 g/mol. The maximum atomic E-state index is 10.2. The number of hydrogen-bond donors (Lipinski definition) is 8. The van der Waals surface area contributed by atoms with Gasteiger partial charge >= 0.3 is 29.8 Å². The minimum atomic E-state index is -1.34. The molecule has 170 valence electrons. The van der Waals surface area contributed by atoms with Crippen LogP contribution in [0, 0.1) is 0 Å². The monoisotopic (exact) mass is 425 g/mol. The van der Waals surface area contributed by atoms with Gasteiger partial charge < -0.3 is 42.7 Å². The van der Waals surface area contributed by atoms with Gasteiger partial charge in [-0.2, -0.15) is 0 Å². The van der Waals surface area contributed by atoms with Crippen LogP contribution in [0.4, 0.5) is 0 Å². The Morgan fingerprint density at radius 2 is 0.897 bits per heavy atom. The Morgan fingerprint density at radius 1 is 0.586 bits per heavy atom. The summed E-state index contributed by atoms with van der Waals surface area (Å²) in [5, 5.41) is 41.0. The maximum Gasteiger partial charge on any atom is 0.305 e. The van der Waals surface area contributed by atoms with Crippen molar-refractivity contribution in [2.24, 2.45) is 17.2 Å². The van der Waals surface area contributed by atoms with Crippen LogP contribution in [0.15, 0.2) is 0 Å². The Hall–Kier alpha value is -2.77. The molecule has 13 heteroatoms. The number of hydrogen-bond acceptors (Lipinski definition) is 8. The Morgan fingerprint density at radius 3 is 1.07 bits per heavy atom. The van der Waals surface area contributed by atoms with Crippen LogP contribution in [0.25, 0.3) is 0 Å². The molecule has 0 saturated heterocycles. The molecule has 0 spiro atoms. The van der Waals surface area contributed by atoms with Crippen LogP contribution >= 0.6 is 0 Å². The van der Waals surface area contributed by atoms with E-state index in [2.05, 4.69) is 0 Å². The largest absolute Gasteiger partial charge is 0.481 e. The first-order valence-electron chi connectivity index (χ1n) is 8.57. The molecule has 0 aliphatic rings. The zero-order valence-electron chi connectivity index (χ0n) is 16.1. The molecule has 11 N–H and O–H groups in total. The molecule has 0 radical (unpaired) electrons. The number of nitrogens with two attached hydrogens (primary N) is 3. The smallest absolute Gasteiger partial charge is 0.305 e. The molecule has 0 saturated carbocycles. The van der Waals surface area contributed by atoms with E-state index in [0.717, 1.165) is 0 Å². The summed E-state index contributed by atoms with van der Waals surface area (Å²) in [6.07, 6.45) is 0.918. The van der Waals surface area contributed by atoms with Crippen LogP contribution in [-0.2, 0) is 24.0 Å². The van der Waals surface area contributed by atoms with E-state index in [1.807, 2.05) is 0 Å². The third kappa shape index (κ3) is 30.2. The number of unbranched alkanes of at least 4 members (excludes halogenated alkanes) is 1. The van der Waals surface area contributed by atoms with E-state index in [1.54, 1.807) is 0 Å². The van der Waals surface area contributed by atoms with E-state index in [1.165, 1.54) is 0 Å². The van der Waals surface area contributed by atoms with Crippen molar-refractivity contribution in [3.05, 3.63) is 0 Å². The van der Waals surface area contributed by atoms with Gasteiger partial charge in [0.1, 0.15) is 0 Å². The van der Waals surface area contributed by atoms with E-state index < -0.39 is 48.2 Å². The molecule has 0 bridgehead atoms. The second-order valence-electron chi connectivity index (χ2n) is 5.99. The first-order valence-corrected chi connectivity index (χ1v) is 8.57. The number of carboxylic acid groups (broad SMARTS) is 5. The number of carbonyl (C=O) groups is 5. The highest BCUT2D eigenvalue weighted by Crippen LogP contribution is 2.10. The van der Waals surface area contributed by atoms with Crippen LogP contribution in [0.2, 0.25) is 0 Å². The van der Waals surface area contributed by atoms with Crippen molar-refractivity contribution in [1.29, 1.82) is 0 Å². The highest BCUT2D eigenvalue weighted by atomic mass is 16.4. The van der Waals surface area contributed by atoms with Crippen molar-refractivity contribution in [1.82, 2.24) is 0 Å². The van der Waals surface area contributed by atoms with E-state index >= 15 is 0 Å². The number of rotatable bonds is 13. The van der Waals surface area contributed by atoms with E-state index in [-0.39, 0.29) is 25.8 Å². The molecule has 29 heavy (non-hydrogen) atoms. The second kappa shape index (κ2) is 18.6. The van der Waals surface area contributed by atoms with E-state index in [4.69, 9.17) is 42.7 Å². The van der Waals surface area contributed by atoms with Crippen LogP contribution in [0.5, 0.6) is 0 Å². The van der Waals surface area contributed by atoms with Gasteiger partial charge in [-0.05, 0) is 25.8 Å². The summed E-state index contributed by atoms with van der Waals surface area (Å²) in [7, 11) is 0. The highest BCUT2D eigenvalue weighted by Gasteiger charge is 2.29. The Kier molecular flexibility index (Phi) is 19.8. The summed E-state index contributed by atoms with van der Waals surface area (Å²) >= 11 is 0. The fourth-order valence-corrected chi connectivity index (χ4v) is 1.61. The Labute approximate surface area is 167 Å². The SMILES string of the molecule is NCC(N)(CC(=O)O)CC(=O)O.NCCCC(=O)O.O=C(O)CCCCC(=O)O. The lowest BCUT2D eigenvalue weighted by Gasteiger charge is -2.23. The summed E-state index contributed by atoms with van der Waals surface area (Å²) in [5.41, 5.74) is 14.2. The van der Waals surface area contributed by atoms with Crippen molar-refractivity contribution < 1.29 is 49.5 Å². The predicted octanol–water partition coefficient (Wildman–Crippen LogP) is -0.882. The van der Waals surface area contributed by atoms with Gasteiger partial charge in [-0.1, -0.05) is 0 Å². The summed E-state index contributed by atoms with van der Waals surface area (Å²) in [5.74, 6) is -4.81. The lowest BCUT2D eigenvalue weighted by molar-refractivity contribution is -0.141. The number of carboxylic acids is 5. The third-order valence-corrected chi connectivity index (χ3v) is 3.04. The van der Waals surface area contributed by atoms with Crippen molar-refractivity contribution in [3.8, 4) is 0 Å². The predicted molar refractivity (Wildman–Crippen MR) is 100 cm³/mol. The van der Waals surface area contributed by atoms with Crippen molar-refractivity contribution in [3.63, 3.8) is 0 Å². The molecule has 0 aliphatic heterocycles. The fraction of sp³-hybridized carbons (Fsp3) is 0.688. The zero-order chi connectivity index (χ0) is 23.5. The Bertz CT molecular complexity index is 493. The van der Waals surface area contributed by atoms with Crippen molar-refractivity contribution in [2.45, 2.75) is 56.9 Å². The molecule has 13 nitrogen and oxygen atoms in total. The van der Waals surface area contributed by atoms with Crippen molar-refractivity contribution in [2.75, 3.05) is 13.1 Å². The quantitative estimate of drug-likeness (QED) is 0.167. The lowest BCUT2D eigenvalue weighted by atomic mass is 9.93. The molecule has 0 aromatic rings. The fourth-order valence-electron chi connectivity index (χ4n) is 1.61. The molecule has 0 rings (SSSR count). The van der Waals surface area contributed by atoms with Gasteiger partial charge in [0.25, 0.3) is 0 Å². The van der Waals surface area contributed by atoms with Gasteiger partial charge in [0.15, 0.2) is 0 Å². The summed E-state index contributed by atoms with van der Waals surface area (Å²) < 4.78 is 0. The summed E-state index contributed by atoms with van der Waals surface area (Å²) in [4.78, 5) is 49.9. The number of aliphatic carboxylic acids is 5. The third-order valence-electron chi connectivity index (χ3n) is 3.04. The first-order chi connectivity index (χ1) is 13.3.